The van der Waals surface area contributed by atoms with Gasteiger partial charge in [-0.05, 0) is 53.7 Å². The van der Waals surface area contributed by atoms with Crippen LogP contribution in [0.25, 0.3) is 5.69 Å². The molecule has 33 heavy (non-hydrogen) atoms. The molecule has 4 aromatic rings. The monoisotopic (exact) mass is 464 g/mol. The molecule has 5 rings (SSSR count). The van der Waals surface area contributed by atoms with Crippen molar-refractivity contribution >= 4 is 23.4 Å². The molecule has 1 aliphatic heterocycles. The van der Waals surface area contributed by atoms with Crippen LogP contribution in [0.15, 0.2) is 80.1 Å². The third kappa shape index (κ3) is 4.27. The number of hydrogen-bond donors (Lipinski definition) is 0. The van der Waals surface area contributed by atoms with Crippen molar-refractivity contribution in [2.45, 2.75) is 24.5 Å². The summed E-state index contributed by atoms with van der Waals surface area (Å²) in [6, 6.07) is 14.4. The summed E-state index contributed by atoms with van der Waals surface area (Å²) in [5.74, 6) is 1.84. The van der Waals surface area contributed by atoms with Gasteiger partial charge in [0.05, 0.1) is 24.9 Å². The lowest BCUT2D eigenvalue weighted by atomic mass is 10.1. The van der Waals surface area contributed by atoms with Crippen LogP contribution in [0.1, 0.15) is 30.9 Å². The highest BCUT2D eigenvalue weighted by atomic mass is 32.2. The number of aromatic nitrogens is 4. The standard InChI is InChI=1S/C22H20N6O4S/c1-2-30-19-8-4-3-7-16(19)28-22(23-25-26-28)33-14-21(29)27-17(20-10-6-12-32-20)13-15(24-27)18-9-5-11-31-18/h3-12,17H,2,13-14H2,1H3. The van der Waals surface area contributed by atoms with Crippen LogP contribution in [-0.4, -0.2) is 49.2 Å². The molecule has 0 saturated carbocycles. The molecular weight excluding hydrogens is 444 g/mol. The highest BCUT2D eigenvalue weighted by molar-refractivity contribution is 7.99. The Kier molecular flexibility index (Phi) is 5.94. The molecule has 10 nitrogen and oxygen atoms in total. The van der Waals surface area contributed by atoms with Crippen molar-refractivity contribution in [3.05, 3.63) is 72.6 Å². The fourth-order valence-corrected chi connectivity index (χ4v) is 4.29. The van der Waals surface area contributed by atoms with E-state index in [1.54, 1.807) is 29.3 Å². The van der Waals surface area contributed by atoms with Crippen molar-refractivity contribution in [1.29, 1.82) is 0 Å². The van der Waals surface area contributed by atoms with E-state index in [0.717, 1.165) is 0 Å². The van der Waals surface area contributed by atoms with Crippen molar-refractivity contribution in [3.8, 4) is 11.4 Å². The highest BCUT2D eigenvalue weighted by Crippen LogP contribution is 2.34. The van der Waals surface area contributed by atoms with Crippen LogP contribution in [0.2, 0.25) is 0 Å². The maximum atomic E-state index is 13.2. The molecule has 0 bridgehead atoms. The van der Waals surface area contributed by atoms with E-state index in [2.05, 4.69) is 20.6 Å². The SMILES string of the molecule is CCOc1ccccc1-n1nnnc1SCC(=O)N1N=C(c2ccco2)CC1c1ccco1. The Morgan fingerprint density at radius 3 is 2.79 bits per heavy atom. The van der Waals surface area contributed by atoms with Crippen LogP contribution >= 0.6 is 11.8 Å². The Morgan fingerprint density at radius 1 is 1.15 bits per heavy atom. The van der Waals surface area contributed by atoms with E-state index < -0.39 is 0 Å². The summed E-state index contributed by atoms with van der Waals surface area (Å²) in [6.45, 7) is 2.42. The van der Waals surface area contributed by atoms with Gasteiger partial charge in [-0.2, -0.15) is 9.78 Å². The van der Waals surface area contributed by atoms with Crippen molar-refractivity contribution in [3.63, 3.8) is 0 Å². The maximum Gasteiger partial charge on any atom is 0.253 e. The van der Waals surface area contributed by atoms with Gasteiger partial charge in [-0.25, -0.2) is 5.01 Å². The zero-order chi connectivity index (χ0) is 22.6. The summed E-state index contributed by atoms with van der Waals surface area (Å²) >= 11 is 1.23. The normalized spacial score (nSPS) is 15.6. The molecule has 168 valence electrons. The first kappa shape index (κ1) is 21.0. The smallest absolute Gasteiger partial charge is 0.253 e. The molecule has 0 N–H and O–H groups in total. The van der Waals surface area contributed by atoms with Gasteiger partial charge in [0.2, 0.25) is 5.16 Å². The number of ether oxygens (including phenoxy) is 1. The van der Waals surface area contributed by atoms with Crippen LogP contribution in [0.5, 0.6) is 5.75 Å². The number of amides is 1. The van der Waals surface area contributed by atoms with E-state index in [0.29, 0.717) is 46.9 Å². The lowest BCUT2D eigenvalue weighted by Crippen LogP contribution is -2.28. The predicted molar refractivity (Wildman–Crippen MR) is 119 cm³/mol. The van der Waals surface area contributed by atoms with Gasteiger partial charge in [0, 0.05) is 6.42 Å². The average Bonchev–Trinajstić information content (AvgIpc) is 3.63. The van der Waals surface area contributed by atoms with Crippen LogP contribution in [0, 0.1) is 0 Å². The second kappa shape index (κ2) is 9.33. The fourth-order valence-electron chi connectivity index (χ4n) is 3.56. The van der Waals surface area contributed by atoms with Gasteiger partial charge >= 0.3 is 0 Å². The molecule has 1 atom stereocenters. The molecular formula is C22H20N6O4S. The number of carbonyl (C=O) groups excluding carboxylic acids is 1. The van der Waals surface area contributed by atoms with E-state index in [1.807, 2.05) is 43.3 Å². The number of furan rings is 2. The molecule has 3 aromatic heterocycles. The average molecular weight is 465 g/mol. The summed E-state index contributed by atoms with van der Waals surface area (Å²) in [5, 5.41) is 18.4. The van der Waals surface area contributed by atoms with E-state index in [1.165, 1.54) is 16.8 Å². The number of benzene rings is 1. The number of hydrazone groups is 1. The molecule has 0 saturated heterocycles. The summed E-state index contributed by atoms with van der Waals surface area (Å²) in [7, 11) is 0. The molecule has 1 aromatic carbocycles. The van der Waals surface area contributed by atoms with Gasteiger partial charge in [-0.3, -0.25) is 4.79 Å². The van der Waals surface area contributed by atoms with Gasteiger partial charge in [-0.15, -0.1) is 5.10 Å². The minimum absolute atomic E-state index is 0.0866. The molecule has 1 aliphatic rings. The second-order valence-corrected chi connectivity index (χ2v) is 8.00. The third-order valence-electron chi connectivity index (χ3n) is 5.00. The quantitative estimate of drug-likeness (QED) is 0.363. The summed E-state index contributed by atoms with van der Waals surface area (Å²) < 4.78 is 18.3. The van der Waals surface area contributed by atoms with Crippen LogP contribution in [-0.2, 0) is 4.79 Å². The van der Waals surface area contributed by atoms with Crippen molar-refractivity contribution in [1.82, 2.24) is 25.2 Å². The van der Waals surface area contributed by atoms with Gasteiger partial charge in [0.1, 0.15) is 34.7 Å². The molecule has 0 aliphatic carbocycles. The summed E-state index contributed by atoms with van der Waals surface area (Å²) in [6.07, 6.45) is 3.67. The molecule has 4 heterocycles. The summed E-state index contributed by atoms with van der Waals surface area (Å²) in [5.41, 5.74) is 1.39. The number of thioether (sulfide) groups is 1. The summed E-state index contributed by atoms with van der Waals surface area (Å²) in [4.78, 5) is 13.2. The Bertz CT molecular complexity index is 1250. The van der Waals surface area contributed by atoms with Gasteiger partial charge < -0.3 is 13.6 Å². The zero-order valence-corrected chi connectivity index (χ0v) is 18.5. The minimum atomic E-state index is -0.345. The van der Waals surface area contributed by atoms with E-state index >= 15 is 0 Å². The fraction of sp³-hybridized carbons (Fsp3) is 0.227. The Hall–Kier alpha value is -3.86. The van der Waals surface area contributed by atoms with Crippen molar-refractivity contribution < 1.29 is 18.4 Å². The number of hydrogen-bond acceptors (Lipinski definition) is 9. The first-order valence-electron chi connectivity index (χ1n) is 10.3. The Labute approximate surface area is 193 Å². The van der Waals surface area contributed by atoms with Crippen molar-refractivity contribution in [2.24, 2.45) is 5.10 Å². The number of carbonyl (C=O) groups is 1. The first-order valence-corrected chi connectivity index (χ1v) is 11.3. The number of tetrazole rings is 1. The highest BCUT2D eigenvalue weighted by Gasteiger charge is 2.35. The molecule has 0 fully saturated rings. The van der Waals surface area contributed by atoms with E-state index in [-0.39, 0.29) is 17.7 Å². The van der Waals surface area contributed by atoms with Gasteiger partial charge in [0.25, 0.3) is 5.91 Å². The third-order valence-corrected chi connectivity index (χ3v) is 5.91. The molecule has 0 radical (unpaired) electrons. The molecule has 1 amide bonds. The minimum Gasteiger partial charge on any atom is -0.492 e. The number of para-hydroxylation sites is 2. The zero-order valence-electron chi connectivity index (χ0n) is 17.7. The van der Waals surface area contributed by atoms with Crippen molar-refractivity contribution in [2.75, 3.05) is 12.4 Å². The number of nitrogens with zero attached hydrogens (tertiary/aromatic N) is 6. The van der Waals surface area contributed by atoms with E-state index in [4.69, 9.17) is 13.6 Å². The largest absolute Gasteiger partial charge is 0.492 e. The van der Waals surface area contributed by atoms with Crippen LogP contribution in [0.3, 0.4) is 0 Å². The Balaban J connectivity index is 1.35. The predicted octanol–water partition coefficient (Wildman–Crippen LogP) is 3.72. The molecule has 11 heteroatoms. The maximum absolute atomic E-state index is 13.2. The van der Waals surface area contributed by atoms with Crippen LogP contribution < -0.4 is 4.74 Å². The Morgan fingerprint density at radius 2 is 2.00 bits per heavy atom. The van der Waals surface area contributed by atoms with E-state index in [9.17, 15) is 4.79 Å². The lowest BCUT2D eigenvalue weighted by Gasteiger charge is -2.19. The lowest BCUT2D eigenvalue weighted by molar-refractivity contribution is -0.130. The van der Waals surface area contributed by atoms with Gasteiger partial charge in [-0.1, -0.05) is 23.9 Å². The second-order valence-electron chi connectivity index (χ2n) is 7.06. The van der Waals surface area contributed by atoms with Gasteiger partial charge in [0.15, 0.2) is 0 Å². The number of rotatable bonds is 8. The first-order chi connectivity index (χ1) is 16.2. The van der Waals surface area contributed by atoms with Crippen LogP contribution in [0.4, 0.5) is 0 Å². The molecule has 1 unspecified atom stereocenters. The topological polar surface area (TPSA) is 112 Å². The molecule has 0 spiro atoms.